The largest absolute Gasteiger partial charge is 0.303 e. The number of rotatable bonds is 3. The minimum Gasteiger partial charge on any atom is -0.303 e. The Hall–Kier alpha value is 0.310. The molecule has 0 radical (unpaired) electrons. The van der Waals surface area contributed by atoms with E-state index >= 15 is 0 Å². The van der Waals surface area contributed by atoms with Crippen LogP contribution in [0.25, 0.3) is 0 Å². The highest BCUT2D eigenvalue weighted by atomic mass is 32.1. The number of hydrogen-bond acceptors (Lipinski definition) is 2. The molecule has 1 unspecified atom stereocenters. The molecule has 0 aliphatic carbocycles. The van der Waals surface area contributed by atoms with E-state index in [1.54, 1.807) is 0 Å². The summed E-state index contributed by atoms with van der Waals surface area (Å²) < 4.78 is 0. The molecule has 1 aliphatic rings. The lowest BCUT2D eigenvalue weighted by molar-refractivity contribution is 0.182. The van der Waals surface area contributed by atoms with Crippen molar-refractivity contribution in [1.82, 2.24) is 4.90 Å². The van der Waals surface area contributed by atoms with E-state index in [0.717, 1.165) is 11.7 Å². The second-order valence-corrected chi connectivity index (χ2v) is 7.91. The zero-order valence-corrected chi connectivity index (χ0v) is 13.3. The van der Waals surface area contributed by atoms with Gasteiger partial charge in [-0.05, 0) is 54.9 Å². The summed E-state index contributed by atoms with van der Waals surface area (Å²) in [6.45, 7) is 15.6. The van der Waals surface area contributed by atoms with Gasteiger partial charge in [0.2, 0.25) is 0 Å². The molecule has 0 bridgehead atoms. The summed E-state index contributed by atoms with van der Waals surface area (Å²) >= 11 is 4.46. The Labute approximate surface area is 114 Å². The third-order valence-electron chi connectivity index (χ3n) is 4.13. The molecule has 1 nitrogen and oxygen atoms in total. The first kappa shape index (κ1) is 15.4. The smallest absolute Gasteiger partial charge is 0.00405 e. The lowest BCUT2D eigenvalue weighted by atomic mass is 9.77. The molecular weight excluding hydrogens is 226 g/mol. The molecular formula is C15H31NS. The summed E-state index contributed by atoms with van der Waals surface area (Å²) in [5.41, 5.74) is 0.833. The fourth-order valence-electron chi connectivity index (χ4n) is 2.84. The fraction of sp³-hybridized carbons (Fsp3) is 1.00. The molecule has 0 saturated carbocycles. The first-order valence-electron chi connectivity index (χ1n) is 7.08. The van der Waals surface area contributed by atoms with Crippen LogP contribution in [0.4, 0.5) is 0 Å². The van der Waals surface area contributed by atoms with E-state index in [1.165, 1.54) is 38.9 Å². The maximum atomic E-state index is 4.46. The van der Waals surface area contributed by atoms with Gasteiger partial charge in [0.1, 0.15) is 0 Å². The molecule has 1 fully saturated rings. The van der Waals surface area contributed by atoms with E-state index in [-0.39, 0.29) is 0 Å². The number of thiol groups is 1. The summed E-state index contributed by atoms with van der Waals surface area (Å²) in [7, 11) is 0. The number of hydrogen-bond donors (Lipinski definition) is 1. The van der Waals surface area contributed by atoms with Crippen LogP contribution in [-0.2, 0) is 0 Å². The highest BCUT2D eigenvalue weighted by molar-refractivity contribution is 7.80. The Bertz CT molecular complexity index is 230. The minimum absolute atomic E-state index is 0.352. The van der Waals surface area contributed by atoms with Crippen molar-refractivity contribution in [2.24, 2.45) is 16.7 Å². The van der Waals surface area contributed by atoms with E-state index in [2.05, 4.69) is 52.1 Å². The Morgan fingerprint density at radius 3 is 2.24 bits per heavy atom. The van der Waals surface area contributed by atoms with Crippen molar-refractivity contribution in [2.75, 3.05) is 25.4 Å². The van der Waals surface area contributed by atoms with Crippen molar-refractivity contribution in [2.45, 2.75) is 53.9 Å². The lowest BCUT2D eigenvalue weighted by Crippen LogP contribution is -2.36. The number of nitrogens with zero attached hydrogens (tertiary/aromatic N) is 1. The van der Waals surface area contributed by atoms with Crippen molar-refractivity contribution in [3.8, 4) is 0 Å². The van der Waals surface area contributed by atoms with E-state index < -0.39 is 0 Å². The third kappa shape index (κ3) is 5.21. The number of likely N-dealkylation sites (tertiary alicyclic amines) is 1. The van der Waals surface area contributed by atoms with Crippen LogP contribution in [0.1, 0.15) is 53.9 Å². The Morgan fingerprint density at radius 2 is 1.71 bits per heavy atom. The molecule has 1 saturated heterocycles. The first-order chi connectivity index (χ1) is 7.74. The predicted molar refractivity (Wildman–Crippen MR) is 80.9 cm³/mol. The van der Waals surface area contributed by atoms with E-state index in [4.69, 9.17) is 0 Å². The van der Waals surface area contributed by atoms with Crippen LogP contribution < -0.4 is 0 Å². The van der Waals surface area contributed by atoms with Crippen LogP contribution in [0.15, 0.2) is 0 Å². The quantitative estimate of drug-likeness (QED) is 0.745. The van der Waals surface area contributed by atoms with Crippen molar-refractivity contribution in [1.29, 1.82) is 0 Å². The molecule has 0 N–H and O–H groups in total. The molecule has 0 amide bonds. The molecule has 1 rings (SSSR count). The van der Waals surface area contributed by atoms with Gasteiger partial charge in [0.15, 0.2) is 0 Å². The zero-order valence-electron chi connectivity index (χ0n) is 12.4. The van der Waals surface area contributed by atoms with Crippen molar-refractivity contribution in [3.63, 3.8) is 0 Å². The predicted octanol–water partition coefficient (Wildman–Crippen LogP) is 4.09. The summed E-state index contributed by atoms with van der Waals surface area (Å²) in [4.78, 5) is 2.65. The van der Waals surface area contributed by atoms with Gasteiger partial charge in [-0.25, -0.2) is 0 Å². The summed E-state index contributed by atoms with van der Waals surface area (Å²) in [5, 5.41) is 0. The van der Waals surface area contributed by atoms with Gasteiger partial charge in [0.25, 0.3) is 0 Å². The van der Waals surface area contributed by atoms with Crippen molar-refractivity contribution < 1.29 is 0 Å². The van der Waals surface area contributed by atoms with Gasteiger partial charge in [-0.15, -0.1) is 0 Å². The normalized spacial score (nSPS) is 24.7. The average molecular weight is 257 g/mol. The standard InChI is InChI=1S/C15H31NS/c1-14(2,3)13-7-6-9-16(10-8-13)11-15(4,5)12-17/h13,17H,6-12H2,1-5H3. The molecule has 0 aromatic rings. The summed E-state index contributed by atoms with van der Waals surface area (Å²) in [6, 6.07) is 0. The van der Waals surface area contributed by atoms with Gasteiger partial charge in [0.05, 0.1) is 0 Å². The van der Waals surface area contributed by atoms with Crippen LogP contribution in [0.3, 0.4) is 0 Å². The van der Waals surface area contributed by atoms with Crippen LogP contribution in [0.5, 0.6) is 0 Å². The zero-order chi connectivity index (χ0) is 13.1. The third-order valence-corrected chi connectivity index (χ3v) is 4.98. The molecule has 1 atom stereocenters. The Balaban J connectivity index is 2.48. The van der Waals surface area contributed by atoms with Gasteiger partial charge < -0.3 is 4.90 Å². The molecule has 17 heavy (non-hydrogen) atoms. The van der Waals surface area contributed by atoms with E-state index in [9.17, 15) is 0 Å². The average Bonchev–Trinajstić information content (AvgIpc) is 2.42. The minimum atomic E-state index is 0.352. The van der Waals surface area contributed by atoms with Gasteiger partial charge in [0, 0.05) is 6.54 Å². The highest BCUT2D eigenvalue weighted by Gasteiger charge is 2.28. The Kier molecular flexibility index (Phi) is 5.39. The van der Waals surface area contributed by atoms with E-state index in [0.29, 0.717) is 10.8 Å². The second-order valence-electron chi connectivity index (χ2n) is 7.59. The van der Waals surface area contributed by atoms with Gasteiger partial charge in [-0.3, -0.25) is 0 Å². The van der Waals surface area contributed by atoms with Crippen LogP contribution in [0.2, 0.25) is 0 Å². The second kappa shape index (κ2) is 5.97. The summed E-state index contributed by atoms with van der Waals surface area (Å²) in [5.74, 6) is 1.87. The molecule has 0 aromatic heterocycles. The first-order valence-corrected chi connectivity index (χ1v) is 7.71. The summed E-state index contributed by atoms with van der Waals surface area (Å²) in [6.07, 6.45) is 4.14. The van der Waals surface area contributed by atoms with Gasteiger partial charge >= 0.3 is 0 Å². The SMILES string of the molecule is CC(C)(CS)CN1CCCC(C(C)(C)C)CC1. The molecule has 0 spiro atoms. The monoisotopic (exact) mass is 257 g/mol. The lowest BCUT2D eigenvalue weighted by Gasteiger charge is -2.32. The highest BCUT2D eigenvalue weighted by Crippen LogP contribution is 2.34. The topological polar surface area (TPSA) is 3.24 Å². The Morgan fingerprint density at radius 1 is 1.06 bits per heavy atom. The molecule has 0 aromatic carbocycles. The molecule has 2 heteroatoms. The molecule has 1 aliphatic heterocycles. The maximum Gasteiger partial charge on any atom is 0.00405 e. The van der Waals surface area contributed by atoms with Crippen LogP contribution in [-0.4, -0.2) is 30.3 Å². The molecule has 102 valence electrons. The molecule has 1 heterocycles. The van der Waals surface area contributed by atoms with Gasteiger partial charge in [-0.1, -0.05) is 34.6 Å². The van der Waals surface area contributed by atoms with Gasteiger partial charge in [-0.2, -0.15) is 12.6 Å². The van der Waals surface area contributed by atoms with Crippen molar-refractivity contribution >= 4 is 12.6 Å². The van der Waals surface area contributed by atoms with Crippen molar-refractivity contribution in [3.05, 3.63) is 0 Å². The van der Waals surface area contributed by atoms with Crippen LogP contribution >= 0.6 is 12.6 Å². The van der Waals surface area contributed by atoms with Crippen LogP contribution in [0, 0.1) is 16.7 Å². The maximum absolute atomic E-state index is 4.46. The fourth-order valence-corrected chi connectivity index (χ4v) is 2.94. The van der Waals surface area contributed by atoms with E-state index in [1.807, 2.05) is 0 Å².